The van der Waals surface area contributed by atoms with Crippen LogP contribution in [0.3, 0.4) is 0 Å². The maximum atomic E-state index is 11.9. The van der Waals surface area contributed by atoms with E-state index >= 15 is 0 Å². The van der Waals surface area contributed by atoms with Crippen molar-refractivity contribution in [1.29, 1.82) is 0 Å². The Morgan fingerprint density at radius 1 is 1.53 bits per heavy atom. The van der Waals surface area contributed by atoms with Gasteiger partial charge in [-0.1, -0.05) is 0 Å². The van der Waals surface area contributed by atoms with Crippen LogP contribution in [0.25, 0.3) is 0 Å². The van der Waals surface area contributed by atoms with Gasteiger partial charge in [0.25, 0.3) is 0 Å². The number of aromatic nitrogens is 3. The van der Waals surface area contributed by atoms with Crippen LogP contribution in [0.1, 0.15) is 30.4 Å². The molecule has 2 rings (SSSR count). The van der Waals surface area contributed by atoms with Crippen molar-refractivity contribution in [2.45, 2.75) is 25.4 Å². The lowest BCUT2D eigenvalue weighted by Crippen LogP contribution is -2.40. The van der Waals surface area contributed by atoms with Gasteiger partial charge in [-0.2, -0.15) is 11.8 Å². The Bertz CT molecular complexity index is 449. The Hall–Kier alpha value is -1.08. The number of carbonyl (C=O) groups excluding carboxylic acids is 1. The first-order chi connectivity index (χ1) is 9.17. The molecule has 1 saturated heterocycles. The number of hydrogen-bond donors (Lipinski definition) is 1. The molecule has 1 aliphatic rings. The highest BCUT2D eigenvalue weighted by Gasteiger charge is 2.27. The van der Waals surface area contributed by atoms with Crippen molar-refractivity contribution >= 4 is 17.7 Å². The van der Waals surface area contributed by atoms with E-state index in [4.69, 9.17) is 5.11 Å². The summed E-state index contributed by atoms with van der Waals surface area (Å²) in [5, 5.41) is 17.3. The van der Waals surface area contributed by atoms with Gasteiger partial charge < -0.3 is 14.6 Å². The van der Waals surface area contributed by atoms with Crippen LogP contribution in [-0.2, 0) is 18.4 Å². The van der Waals surface area contributed by atoms with E-state index in [1.54, 1.807) is 11.8 Å². The SMILES string of the molecule is CSCC(=O)N1CCC[C@H](c2nnc(CO)n2C)C1. The van der Waals surface area contributed by atoms with Gasteiger partial charge >= 0.3 is 0 Å². The summed E-state index contributed by atoms with van der Waals surface area (Å²) >= 11 is 1.55. The van der Waals surface area contributed by atoms with E-state index in [1.165, 1.54) is 0 Å². The fourth-order valence-electron chi connectivity index (χ4n) is 2.50. The molecular formula is C12H20N4O2S. The fraction of sp³-hybridized carbons (Fsp3) is 0.750. The van der Waals surface area contributed by atoms with Crippen molar-refractivity contribution in [1.82, 2.24) is 19.7 Å². The molecule has 0 unspecified atom stereocenters. The second-order valence-corrected chi connectivity index (χ2v) is 5.67. The number of aliphatic hydroxyl groups is 1. The van der Waals surface area contributed by atoms with E-state index in [0.29, 0.717) is 18.1 Å². The molecule has 0 radical (unpaired) electrons. The first-order valence-electron chi connectivity index (χ1n) is 6.43. The molecule has 1 aromatic rings. The van der Waals surface area contributed by atoms with Crippen molar-refractivity contribution in [2.24, 2.45) is 7.05 Å². The normalized spacial score (nSPS) is 19.7. The largest absolute Gasteiger partial charge is 0.388 e. The van der Waals surface area contributed by atoms with E-state index in [2.05, 4.69) is 10.2 Å². The highest BCUT2D eigenvalue weighted by Crippen LogP contribution is 2.26. The van der Waals surface area contributed by atoms with Crippen molar-refractivity contribution < 1.29 is 9.90 Å². The van der Waals surface area contributed by atoms with Gasteiger partial charge in [0.1, 0.15) is 12.4 Å². The second kappa shape index (κ2) is 6.38. The molecule has 1 fully saturated rings. The Kier molecular flexibility index (Phi) is 4.81. The molecule has 1 aliphatic heterocycles. The second-order valence-electron chi connectivity index (χ2n) is 4.80. The minimum absolute atomic E-state index is 0.106. The van der Waals surface area contributed by atoms with Gasteiger partial charge in [0.05, 0.1) is 5.75 Å². The molecule has 6 nitrogen and oxygen atoms in total. The number of amides is 1. The van der Waals surface area contributed by atoms with Crippen LogP contribution in [0.4, 0.5) is 0 Å². The summed E-state index contributed by atoms with van der Waals surface area (Å²) in [7, 11) is 1.86. The van der Waals surface area contributed by atoms with Crippen LogP contribution in [0, 0.1) is 0 Å². The van der Waals surface area contributed by atoms with Gasteiger partial charge in [-0.15, -0.1) is 10.2 Å². The fourth-order valence-corrected chi connectivity index (χ4v) is 2.93. The molecule has 0 aromatic carbocycles. The van der Waals surface area contributed by atoms with Crippen LogP contribution in [-0.4, -0.2) is 55.8 Å². The van der Waals surface area contributed by atoms with Crippen LogP contribution in [0.15, 0.2) is 0 Å². The molecule has 0 spiro atoms. The number of thioether (sulfide) groups is 1. The monoisotopic (exact) mass is 284 g/mol. The van der Waals surface area contributed by atoms with E-state index in [1.807, 2.05) is 22.8 Å². The minimum Gasteiger partial charge on any atom is -0.388 e. The first-order valence-corrected chi connectivity index (χ1v) is 7.82. The maximum absolute atomic E-state index is 11.9. The lowest BCUT2D eigenvalue weighted by Gasteiger charge is -2.32. The molecule has 1 aromatic heterocycles. The van der Waals surface area contributed by atoms with Gasteiger partial charge in [0.15, 0.2) is 5.82 Å². The molecule has 1 N–H and O–H groups in total. The van der Waals surface area contributed by atoms with Crippen LogP contribution >= 0.6 is 11.8 Å². The number of likely N-dealkylation sites (tertiary alicyclic amines) is 1. The Morgan fingerprint density at radius 3 is 2.95 bits per heavy atom. The average Bonchev–Trinajstić information content (AvgIpc) is 2.80. The molecule has 106 valence electrons. The first kappa shape index (κ1) is 14.3. The third-order valence-electron chi connectivity index (χ3n) is 3.55. The summed E-state index contributed by atoms with van der Waals surface area (Å²) in [5.74, 6) is 2.39. The molecule has 0 saturated carbocycles. The van der Waals surface area contributed by atoms with Crippen LogP contribution in [0.2, 0.25) is 0 Å². The summed E-state index contributed by atoms with van der Waals surface area (Å²) in [6.07, 6.45) is 3.95. The van der Waals surface area contributed by atoms with Crippen molar-refractivity contribution in [3.8, 4) is 0 Å². The summed E-state index contributed by atoms with van der Waals surface area (Å²) in [5.41, 5.74) is 0. The third-order valence-corrected chi connectivity index (χ3v) is 4.08. The summed E-state index contributed by atoms with van der Waals surface area (Å²) in [6.45, 7) is 1.43. The zero-order chi connectivity index (χ0) is 13.8. The molecule has 2 heterocycles. The number of nitrogens with zero attached hydrogens (tertiary/aromatic N) is 4. The van der Waals surface area contributed by atoms with Crippen molar-refractivity contribution in [3.63, 3.8) is 0 Å². The highest BCUT2D eigenvalue weighted by atomic mass is 32.2. The number of carbonyl (C=O) groups is 1. The smallest absolute Gasteiger partial charge is 0.232 e. The predicted octanol–water partition coefficient (Wildman–Crippen LogP) is 0.376. The lowest BCUT2D eigenvalue weighted by molar-refractivity contribution is -0.129. The molecule has 0 bridgehead atoms. The van der Waals surface area contributed by atoms with Gasteiger partial charge in [0, 0.05) is 26.1 Å². The van der Waals surface area contributed by atoms with E-state index in [0.717, 1.165) is 25.2 Å². The topological polar surface area (TPSA) is 71.2 Å². The van der Waals surface area contributed by atoms with Crippen LogP contribution in [0.5, 0.6) is 0 Å². The number of hydrogen-bond acceptors (Lipinski definition) is 5. The molecule has 1 atom stereocenters. The zero-order valence-corrected chi connectivity index (χ0v) is 12.2. The highest BCUT2D eigenvalue weighted by molar-refractivity contribution is 7.99. The molecule has 0 aliphatic carbocycles. The maximum Gasteiger partial charge on any atom is 0.232 e. The lowest BCUT2D eigenvalue weighted by atomic mass is 9.97. The Morgan fingerprint density at radius 2 is 2.32 bits per heavy atom. The van der Waals surface area contributed by atoms with E-state index in [9.17, 15) is 4.79 Å². The van der Waals surface area contributed by atoms with Gasteiger partial charge in [-0.3, -0.25) is 4.79 Å². The van der Waals surface area contributed by atoms with Gasteiger partial charge in [-0.25, -0.2) is 0 Å². The minimum atomic E-state index is -0.106. The van der Waals surface area contributed by atoms with Gasteiger partial charge in [0.2, 0.25) is 5.91 Å². The summed E-state index contributed by atoms with van der Waals surface area (Å²) < 4.78 is 1.84. The average molecular weight is 284 g/mol. The number of aliphatic hydroxyl groups excluding tert-OH is 1. The van der Waals surface area contributed by atoms with Crippen molar-refractivity contribution in [3.05, 3.63) is 11.6 Å². The summed E-state index contributed by atoms with van der Waals surface area (Å²) in [6, 6.07) is 0. The Balaban J connectivity index is 2.08. The summed E-state index contributed by atoms with van der Waals surface area (Å²) in [4.78, 5) is 13.9. The van der Waals surface area contributed by atoms with E-state index in [-0.39, 0.29) is 18.4 Å². The van der Waals surface area contributed by atoms with Crippen molar-refractivity contribution in [2.75, 3.05) is 25.1 Å². The Labute approximate surface area is 117 Å². The third kappa shape index (κ3) is 3.09. The number of piperidine rings is 1. The molecule has 19 heavy (non-hydrogen) atoms. The predicted molar refractivity (Wildman–Crippen MR) is 73.9 cm³/mol. The molecule has 7 heteroatoms. The van der Waals surface area contributed by atoms with E-state index < -0.39 is 0 Å². The van der Waals surface area contributed by atoms with Gasteiger partial charge in [-0.05, 0) is 19.1 Å². The quantitative estimate of drug-likeness (QED) is 0.865. The molecular weight excluding hydrogens is 264 g/mol. The molecule has 1 amide bonds. The van der Waals surface area contributed by atoms with Crippen LogP contribution < -0.4 is 0 Å². The number of rotatable bonds is 4. The zero-order valence-electron chi connectivity index (χ0n) is 11.4. The standard InChI is InChI=1S/C12H20N4O2S/c1-15-10(7-17)13-14-12(15)9-4-3-5-16(6-9)11(18)8-19-2/h9,17H,3-8H2,1-2H3/t9-/m0/s1.